The highest BCUT2D eigenvalue weighted by Crippen LogP contribution is 2.43. The molecule has 38 heavy (non-hydrogen) atoms. The Labute approximate surface area is 210 Å². The smallest absolute Gasteiger partial charge is 0.408 e. The third-order valence-corrected chi connectivity index (χ3v) is 6.02. The minimum atomic E-state index is -5.06. The number of aliphatic hydroxyl groups is 1. The van der Waals surface area contributed by atoms with Crippen LogP contribution in [0.25, 0.3) is 11.3 Å². The molecule has 2 N–H and O–H groups in total. The van der Waals surface area contributed by atoms with Crippen LogP contribution in [0.4, 0.5) is 44.3 Å². The first-order valence-corrected chi connectivity index (χ1v) is 11.2. The van der Waals surface area contributed by atoms with Crippen LogP contribution in [0.2, 0.25) is 0 Å². The van der Waals surface area contributed by atoms with E-state index in [0.717, 1.165) is 13.0 Å². The van der Waals surface area contributed by atoms with Crippen molar-refractivity contribution < 1.29 is 58.9 Å². The second kappa shape index (κ2) is 10.7. The van der Waals surface area contributed by atoms with Crippen molar-refractivity contribution in [1.29, 1.82) is 0 Å². The number of rotatable bonds is 6. The van der Waals surface area contributed by atoms with E-state index in [-0.39, 0.29) is 17.9 Å². The predicted octanol–water partition coefficient (Wildman–Crippen LogP) is 6.08. The van der Waals surface area contributed by atoms with E-state index in [1.807, 2.05) is 0 Å². The number of aromatic nitrogens is 1. The lowest BCUT2D eigenvalue weighted by atomic mass is 10.00. The molecule has 6 nitrogen and oxygen atoms in total. The Morgan fingerprint density at radius 2 is 1.79 bits per heavy atom. The molecule has 1 aliphatic heterocycles. The number of carbonyl (C=O) groups is 1. The van der Waals surface area contributed by atoms with E-state index in [9.17, 15) is 49.4 Å². The molecule has 1 saturated heterocycles. The Morgan fingerprint density at radius 3 is 2.32 bits per heavy atom. The van der Waals surface area contributed by atoms with Crippen molar-refractivity contribution in [2.24, 2.45) is 0 Å². The summed E-state index contributed by atoms with van der Waals surface area (Å²) in [6.07, 6.45) is -18.8. The lowest BCUT2D eigenvalue weighted by Crippen LogP contribution is -2.49. The standard InChI is InChI=1S/C23H23F9N2O4/c1-11(19(35)23(30,31)32)33-20(36)38-18-9-17(34(12(18)2)10-14-4-3-7-37-14)15-8-13(21(24,25)26)5-6-16(15)22(27,28)29/h5-6,8-9,11,14,19,35H,3-4,7,10H2,1-2H3,(H,33,36)/t11?,14-,19?/m1/s1. The summed E-state index contributed by atoms with van der Waals surface area (Å²) < 4.78 is 131. The molecule has 1 fully saturated rings. The monoisotopic (exact) mass is 562 g/mol. The van der Waals surface area contributed by atoms with Gasteiger partial charge in [0.25, 0.3) is 0 Å². The summed E-state index contributed by atoms with van der Waals surface area (Å²) in [7, 11) is 0. The number of halogens is 9. The molecule has 0 spiro atoms. The third kappa shape index (κ3) is 6.73. The van der Waals surface area contributed by atoms with E-state index in [4.69, 9.17) is 9.47 Å². The first kappa shape index (κ1) is 29.6. The second-order valence-electron chi connectivity index (χ2n) is 8.79. The highest BCUT2D eigenvalue weighted by atomic mass is 19.4. The number of ether oxygens (including phenoxy) is 2. The number of nitrogens with zero attached hydrogens (tertiary/aromatic N) is 1. The average molecular weight is 562 g/mol. The van der Waals surface area contributed by atoms with Crippen molar-refractivity contribution in [3.05, 3.63) is 41.1 Å². The molecule has 0 bridgehead atoms. The van der Waals surface area contributed by atoms with Gasteiger partial charge in [-0.25, -0.2) is 4.79 Å². The third-order valence-electron chi connectivity index (χ3n) is 6.02. The van der Waals surface area contributed by atoms with Gasteiger partial charge in [-0.3, -0.25) is 0 Å². The Morgan fingerprint density at radius 1 is 1.13 bits per heavy atom. The molecule has 3 atom stereocenters. The fraction of sp³-hybridized carbons (Fsp3) is 0.522. The maximum absolute atomic E-state index is 13.8. The van der Waals surface area contributed by atoms with Crippen LogP contribution in [0.5, 0.6) is 5.75 Å². The molecule has 2 heterocycles. The Balaban J connectivity index is 2.07. The SMILES string of the molecule is Cc1c(OC(=O)NC(C)C(O)C(F)(F)F)cc(-c2cc(C(F)(F)F)ccc2C(F)(F)F)n1C[C@H]1CCCO1. The minimum Gasteiger partial charge on any atom is -0.408 e. The summed E-state index contributed by atoms with van der Waals surface area (Å²) in [4.78, 5) is 12.2. The van der Waals surface area contributed by atoms with E-state index in [0.29, 0.717) is 37.6 Å². The molecule has 0 saturated carbocycles. The highest BCUT2D eigenvalue weighted by Gasteiger charge is 2.43. The van der Waals surface area contributed by atoms with Crippen molar-refractivity contribution in [3.8, 4) is 17.0 Å². The van der Waals surface area contributed by atoms with Crippen LogP contribution in [-0.2, 0) is 23.6 Å². The van der Waals surface area contributed by atoms with Gasteiger partial charge in [-0.1, -0.05) is 0 Å². The summed E-state index contributed by atoms with van der Waals surface area (Å²) in [5.41, 5.74) is -3.93. The minimum absolute atomic E-state index is 0.0141. The van der Waals surface area contributed by atoms with Gasteiger partial charge < -0.3 is 24.5 Å². The molecule has 0 aliphatic carbocycles. The number of aliphatic hydroxyl groups excluding tert-OH is 1. The molecular weight excluding hydrogens is 539 g/mol. The number of alkyl halides is 9. The van der Waals surface area contributed by atoms with Gasteiger partial charge in [0.15, 0.2) is 11.9 Å². The molecule has 15 heteroatoms. The van der Waals surface area contributed by atoms with Crippen molar-refractivity contribution >= 4 is 6.09 Å². The van der Waals surface area contributed by atoms with E-state index in [1.165, 1.54) is 11.5 Å². The van der Waals surface area contributed by atoms with Gasteiger partial charge >= 0.3 is 24.6 Å². The molecule has 0 radical (unpaired) electrons. The lowest BCUT2D eigenvalue weighted by Gasteiger charge is -2.22. The highest BCUT2D eigenvalue weighted by molar-refractivity contribution is 5.74. The van der Waals surface area contributed by atoms with Crippen molar-refractivity contribution in [2.75, 3.05) is 6.61 Å². The number of amides is 1. The number of hydrogen-bond donors (Lipinski definition) is 2. The summed E-state index contributed by atoms with van der Waals surface area (Å²) in [5.74, 6) is -0.408. The van der Waals surface area contributed by atoms with Gasteiger partial charge in [0.1, 0.15) is 0 Å². The van der Waals surface area contributed by atoms with Crippen LogP contribution in [0, 0.1) is 6.92 Å². The van der Waals surface area contributed by atoms with Crippen LogP contribution in [0.3, 0.4) is 0 Å². The van der Waals surface area contributed by atoms with E-state index in [2.05, 4.69) is 0 Å². The van der Waals surface area contributed by atoms with Crippen LogP contribution >= 0.6 is 0 Å². The van der Waals surface area contributed by atoms with Gasteiger partial charge in [-0.2, -0.15) is 39.5 Å². The van der Waals surface area contributed by atoms with Gasteiger partial charge in [0.05, 0.1) is 34.7 Å². The summed E-state index contributed by atoms with van der Waals surface area (Å²) in [5, 5.41) is 11.0. The first-order valence-electron chi connectivity index (χ1n) is 11.2. The van der Waals surface area contributed by atoms with Gasteiger partial charge in [-0.05, 0) is 44.9 Å². The zero-order chi connectivity index (χ0) is 28.6. The Kier molecular flexibility index (Phi) is 8.32. The molecule has 212 valence electrons. The van der Waals surface area contributed by atoms with Crippen LogP contribution in [-0.4, -0.2) is 46.8 Å². The fourth-order valence-corrected chi connectivity index (χ4v) is 4.03. The van der Waals surface area contributed by atoms with Gasteiger partial charge in [0, 0.05) is 24.8 Å². The second-order valence-corrected chi connectivity index (χ2v) is 8.79. The van der Waals surface area contributed by atoms with Crippen molar-refractivity contribution in [2.45, 2.75) is 70.0 Å². The molecular formula is C23H23F9N2O4. The number of nitrogens with one attached hydrogen (secondary N) is 1. The molecule has 2 unspecified atom stereocenters. The van der Waals surface area contributed by atoms with E-state index < -0.39 is 65.3 Å². The molecule has 2 aromatic rings. The van der Waals surface area contributed by atoms with Crippen LogP contribution in [0.15, 0.2) is 24.3 Å². The van der Waals surface area contributed by atoms with Gasteiger partial charge in [-0.15, -0.1) is 0 Å². The normalized spacial score (nSPS) is 18.4. The topological polar surface area (TPSA) is 72.7 Å². The van der Waals surface area contributed by atoms with E-state index >= 15 is 0 Å². The summed E-state index contributed by atoms with van der Waals surface area (Å²) >= 11 is 0. The Bertz CT molecular complexity index is 1150. The molecule has 1 aliphatic rings. The van der Waals surface area contributed by atoms with Crippen LogP contribution < -0.4 is 10.1 Å². The average Bonchev–Trinajstić information content (AvgIpc) is 3.40. The van der Waals surface area contributed by atoms with Crippen molar-refractivity contribution in [3.63, 3.8) is 0 Å². The zero-order valence-electron chi connectivity index (χ0n) is 19.9. The first-order chi connectivity index (χ1) is 17.4. The lowest BCUT2D eigenvalue weighted by molar-refractivity contribution is -0.210. The maximum atomic E-state index is 13.8. The van der Waals surface area contributed by atoms with Gasteiger partial charge in [0.2, 0.25) is 0 Å². The quantitative estimate of drug-likeness (QED) is 0.419. The summed E-state index contributed by atoms with van der Waals surface area (Å²) in [6.45, 7) is 2.43. The van der Waals surface area contributed by atoms with Crippen molar-refractivity contribution in [1.82, 2.24) is 9.88 Å². The molecule has 1 aromatic carbocycles. The molecule has 1 aromatic heterocycles. The Hall–Kier alpha value is -2.94. The number of carbonyl (C=O) groups excluding carboxylic acids is 1. The zero-order valence-corrected chi connectivity index (χ0v) is 19.9. The maximum Gasteiger partial charge on any atom is 0.417 e. The largest absolute Gasteiger partial charge is 0.417 e. The molecule has 3 rings (SSSR count). The predicted molar refractivity (Wildman–Crippen MR) is 114 cm³/mol. The summed E-state index contributed by atoms with van der Waals surface area (Å²) in [6, 6.07) is -0.0273. The van der Waals surface area contributed by atoms with Crippen LogP contribution in [0.1, 0.15) is 36.6 Å². The van der Waals surface area contributed by atoms with E-state index in [1.54, 1.807) is 5.32 Å². The fourth-order valence-electron chi connectivity index (χ4n) is 4.03. The molecule has 1 amide bonds. The number of hydrogen-bond acceptors (Lipinski definition) is 4. The number of benzene rings is 1.